The number of carboxylic acid groups (broad SMARTS) is 1. The molecule has 2 unspecified atom stereocenters. The molecule has 0 radical (unpaired) electrons. The summed E-state index contributed by atoms with van der Waals surface area (Å²) in [6.45, 7) is 5.51. The maximum Gasteiger partial charge on any atom is 0.305 e. The molecule has 28 heavy (non-hydrogen) atoms. The van der Waals surface area contributed by atoms with Crippen molar-refractivity contribution in [3.8, 4) is 0 Å². The lowest BCUT2D eigenvalue weighted by Gasteiger charge is -2.28. The first-order chi connectivity index (χ1) is 13.2. The molecule has 1 heterocycles. The lowest BCUT2D eigenvalue weighted by atomic mass is 10.1. The molecule has 0 spiro atoms. The third-order valence-electron chi connectivity index (χ3n) is 4.71. The second kappa shape index (κ2) is 9.34. The highest BCUT2D eigenvalue weighted by atomic mass is 16.4. The van der Waals surface area contributed by atoms with Crippen molar-refractivity contribution in [1.29, 1.82) is 0 Å². The Morgan fingerprint density at radius 1 is 1.21 bits per heavy atom. The summed E-state index contributed by atoms with van der Waals surface area (Å²) in [7, 11) is 0. The minimum Gasteiger partial charge on any atom is -0.481 e. The predicted molar refractivity (Wildman–Crippen MR) is 103 cm³/mol. The van der Waals surface area contributed by atoms with Crippen molar-refractivity contribution in [2.75, 3.05) is 6.54 Å². The third kappa shape index (κ3) is 5.55. The zero-order chi connectivity index (χ0) is 20.8. The van der Waals surface area contributed by atoms with Gasteiger partial charge >= 0.3 is 5.97 Å². The number of amides is 3. The molecule has 8 nitrogen and oxygen atoms in total. The number of likely N-dealkylation sites (tertiary alicyclic amines) is 1. The zero-order valence-corrected chi connectivity index (χ0v) is 16.4. The molecule has 3 N–H and O–H groups in total. The van der Waals surface area contributed by atoms with Gasteiger partial charge in [0.15, 0.2) is 0 Å². The molecule has 3 atom stereocenters. The van der Waals surface area contributed by atoms with Gasteiger partial charge in [0.05, 0.1) is 6.42 Å². The second-order valence-electron chi connectivity index (χ2n) is 7.26. The minimum absolute atomic E-state index is 0.185. The maximum absolute atomic E-state index is 12.8. The molecular formula is C20H27N3O5. The third-order valence-corrected chi connectivity index (χ3v) is 4.71. The van der Waals surface area contributed by atoms with Crippen LogP contribution in [0.5, 0.6) is 0 Å². The van der Waals surface area contributed by atoms with Gasteiger partial charge in [-0.3, -0.25) is 19.2 Å². The first kappa shape index (κ1) is 21.4. The maximum atomic E-state index is 12.8. The Bertz CT molecular complexity index is 764. The van der Waals surface area contributed by atoms with Gasteiger partial charge in [-0.1, -0.05) is 17.7 Å². The molecule has 152 valence electrons. The van der Waals surface area contributed by atoms with E-state index in [1.807, 2.05) is 13.0 Å². The summed E-state index contributed by atoms with van der Waals surface area (Å²) in [6.07, 6.45) is 1.00. The monoisotopic (exact) mass is 389 g/mol. The standard InChI is InChI=1S/C20H27N3O5/c1-12-6-4-7-15(10-12)18(26)22-14(3)20(28)23-9-5-8-16(23)19(27)21-13(2)11-17(24)25/h4,6-7,10,13-14,16H,5,8-9,11H2,1-3H3,(H,21,27)(H,22,26)(H,24,25)/t13-,14?,16?/m1/s1. The molecule has 1 aliphatic rings. The topological polar surface area (TPSA) is 116 Å². The van der Waals surface area contributed by atoms with Crippen molar-refractivity contribution in [3.63, 3.8) is 0 Å². The number of nitrogens with one attached hydrogen (secondary N) is 2. The molecule has 0 aromatic heterocycles. The molecule has 0 aliphatic carbocycles. The molecule has 1 fully saturated rings. The quantitative estimate of drug-likeness (QED) is 0.645. The molecule has 2 rings (SSSR count). The Kier molecular flexibility index (Phi) is 7.14. The van der Waals surface area contributed by atoms with Crippen LogP contribution < -0.4 is 10.6 Å². The fourth-order valence-electron chi connectivity index (χ4n) is 3.33. The minimum atomic E-state index is -1.00. The number of carbonyl (C=O) groups is 4. The Labute approximate surface area is 164 Å². The number of aliphatic carboxylic acids is 1. The molecule has 1 saturated heterocycles. The van der Waals surface area contributed by atoms with Gasteiger partial charge in [0, 0.05) is 18.2 Å². The molecular weight excluding hydrogens is 362 g/mol. The van der Waals surface area contributed by atoms with Crippen LogP contribution in [0.25, 0.3) is 0 Å². The van der Waals surface area contributed by atoms with Crippen molar-refractivity contribution < 1.29 is 24.3 Å². The van der Waals surface area contributed by atoms with E-state index in [0.717, 1.165) is 5.56 Å². The molecule has 3 amide bonds. The summed E-state index contributed by atoms with van der Waals surface area (Å²) >= 11 is 0. The van der Waals surface area contributed by atoms with Gasteiger partial charge < -0.3 is 20.6 Å². The van der Waals surface area contributed by atoms with E-state index in [9.17, 15) is 19.2 Å². The summed E-state index contributed by atoms with van der Waals surface area (Å²) in [4.78, 5) is 49.9. The zero-order valence-electron chi connectivity index (χ0n) is 16.4. The van der Waals surface area contributed by atoms with Crippen molar-refractivity contribution in [2.45, 2.75) is 58.2 Å². The van der Waals surface area contributed by atoms with Gasteiger partial charge in [-0.05, 0) is 45.7 Å². The number of hydrogen-bond acceptors (Lipinski definition) is 4. The van der Waals surface area contributed by atoms with Gasteiger partial charge in [-0.15, -0.1) is 0 Å². The van der Waals surface area contributed by atoms with Crippen LogP contribution in [0.4, 0.5) is 0 Å². The highest BCUT2D eigenvalue weighted by Gasteiger charge is 2.36. The number of aryl methyl sites for hydroxylation is 1. The first-order valence-electron chi connectivity index (χ1n) is 9.39. The Balaban J connectivity index is 1.98. The summed E-state index contributed by atoms with van der Waals surface area (Å²) in [5, 5.41) is 14.1. The predicted octanol–water partition coefficient (Wildman–Crippen LogP) is 1.08. The van der Waals surface area contributed by atoms with E-state index in [0.29, 0.717) is 24.9 Å². The fourth-order valence-corrected chi connectivity index (χ4v) is 3.33. The fraction of sp³-hybridized carbons (Fsp3) is 0.500. The van der Waals surface area contributed by atoms with Gasteiger partial charge in [0.25, 0.3) is 5.91 Å². The molecule has 1 aliphatic heterocycles. The van der Waals surface area contributed by atoms with E-state index in [1.54, 1.807) is 32.0 Å². The number of benzene rings is 1. The van der Waals surface area contributed by atoms with Crippen LogP contribution >= 0.6 is 0 Å². The van der Waals surface area contributed by atoms with Crippen LogP contribution in [-0.2, 0) is 14.4 Å². The van der Waals surface area contributed by atoms with Crippen LogP contribution in [0.2, 0.25) is 0 Å². The van der Waals surface area contributed by atoms with E-state index in [2.05, 4.69) is 10.6 Å². The number of nitrogens with zero attached hydrogens (tertiary/aromatic N) is 1. The average molecular weight is 389 g/mol. The lowest BCUT2D eigenvalue weighted by molar-refractivity contribution is -0.141. The Hall–Kier alpha value is -2.90. The second-order valence-corrected chi connectivity index (χ2v) is 7.26. The highest BCUT2D eigenvalue weighted by Crippen LogP contribution is 2.19. The smallest absolute Gasteiger partial charge is 0.305 e. The van der Waals surface area contributed by atoms with Gasteiger partial charge in [0.1, 0.15) is 12.1 Å². The molecule has 0 saturated carbocycles. The molecule has 8 heteroatoms. The van der Waals surface area contributed by atoms with E-state index in [4.69, 9.17) is 5.11 Å². The van der Waals surface area contributed by atoms with Crippen LogP contribution in [-0.4, -0.2) is 58.4 Å². The average Bonchev–Trinajstić information content (AvgIpc) is 3.09. The van der Waals surface area contributed by atoms with Gasteiger partial charge in [0.2, 0.25) is 11.8 Å². The van der Waals surface area contributed by atoms with Crippen LogP contribution in [0, 0.1) is 6.92 Å². The van der Waals surface area contributed by atoms with E-state index >= 15 is 0 Å². The number of hydrogen-bond donors (Lipinski definition) is 3. The van der Waals surface area contributed by atoms with Crippen LogP contribution in [0.3, 0.4) is 0 Å². The Morgan fingerprint density at radius 3 is 2.57 bits per heavy atom. The lowest BCUT2D eigenvalue weighted by Crippen LogP contribution is -2.53. The molecule has 1 aromatic carbocycles. The van der Waals surface area contributed by atoms with Crippen molar-refractivity contribution in [1.82, 2.24) is 15.5 Å². The highest BCUT2D eigenvalue weighted by molar-refractivity contribution is 5.98. The van der Waals surface area contributed by atoms with E-state index in [1.165, 1.54) is 4.90 Å². The number of rotatable bonds is 7. The van der Waals surface area contributed by atoms with E-state index in [-0.39, 0.29) is 24.1 Å². The van der Waals surface area contributed by atoms with Crippen molar-refractivity contribution in [2.24, 2.45) is 0 Å². The number of carbonyl (C=O) groups excluding carboxylic acids is 3. The van der Waals surface area contributed by atoms with Crippen LogP contribution in [0.1, 0.15) is 49.0 Å². The Morgan fingerprint density at radius 2 is 1.93 bits per heavy atom. The summed E-state index contributed by atoms with van der Waals surface area (Å²) in [6, 6.07) is 5.11. The molecule has 1 aromatic rings. The largest absolute Gasteiger partial charge is 0.481 e. The summed E-state index contributed by atoms with van der Waals surface area (Å²) in [5.74, 6) is -2.04. The molecule has 0 bridgehead atoms. The van der Waals surface area contributed by atoms with Gasteiger partial charge in [-0.2, -0.15) is 0 Å². The van der Waals surface area contributed by atoms with Crippen LogP contribution in [0.15, 0.2) is 24.3 Å². The van der Waals surface area contributed by atoms with Crippen molar-refractivity contribution >= 4 is 23.7 Å². The summed E-state index contributed by atoms with van der Waals surface area (Å²) in [5.41, 5.74) is 1.41. The normalized spacial score (nSPS) is 18.2. The van der Waals surface area contributed by atoms with Crippen molar-refractivity contribution in [3.05, 3.63) is 35.4 Å². The summed E-state index contributed by atoms with van der Waals surface area (Å²) < 4.78 is 0. The number of carboxylic acids is 1. The first-order valence-corrected chi connectivity index (χ1v) is 9.39. The van der Waals surface area contributed by atoms with E-state index < -0.39 is 24.1 Å². The SMILES string of the molecule is Cc1cccc(C(=O)NC(C)C(=O)N2CCCC2C(=O)N[C@H](C)CC(=O)O)c1. The van der Waals surface area contributed by atoms with Gasteiger partial charge in [-0.25, -0.2) is 0 Å².